The van der Waals surface area contributed by atoms with Crippen LogP contribution in [0.15, 0.2) is 182 Å². The van der Waals surface area contributed by atoms with Gasteiger partial charge in [-0.3, -0.25) is 4.57 Å². The van der Waals surface area contributed by atoms with Crippen LogP contribution in [-0.2, 0) is 43.7 Å². The van der Waals surface area contributed by atoms with Crippen LogP contribution in [0.5, 0.6) is 11.5 Å². The van der Waals surface area contributed by atoms with Crippen LogP contribution < -0.4 is 9.30 Å². The molecule has 0 bridgehead atoms. The first-order chi connectivity index (χ1) is 38.0. The average Bonchev–Trinajstić information content (AvgIpc) is 3.99. The Morgan fingerprint density at radius 2 is 1.21 bits per heavy atom. The Kier molecular flexibility index (Phi) is 12.3. The molecule has 11 rings (SSSR count). The van der Waals surface area contributed by atoms with E-state index in [1.54, 1.807) is 0 Å². The van der Waals surface area contributed by atoms with Gasteiger partial charge in [-0.25, -0.2) is 4.98 Å². The predicted octanol–water partition coefficient (Wildman–Crippen LogP) is 17.7. The van der Waals surface area contributed by atoms with E-state index < -0.39 is 18.1 Å². The largest absolute Gasteiger partial charge is 0.510 e. The van der Waals surface area contributed by atoms with E-state index in [1.165, 1.54) is 11.1 Å². The molecule has 0 N–H and O–H groups in total. The standard InChI is InChI=1S/C70H66N4O.Pt/c1-46(2)37-49-40-66(71-44-61(49)48-31-33-51(34-32-48)68(3,4)5)74-62-28-16-15-25-59(62)60-36-35-56(43-65(60)74)75-55-24-19-23-54(42-55)72-45-73(64-30-18-17-29-63(64)72)67-57(47-21-13-12-14-22-47)26-20-27-58(67)50-38-52(69(6,7)8)41-53(39-50)70(9,10)11;/h12-36,38-41,44,46H,37H2,1-11H3;/q-2;/i12D,13D,14D,21D,22D;. The Balaban J connectivity index is 0.00000736. The number of nitrogens with zero attached hydrogens (tertiary/aromatic N) is 4. The first-order valence-corrected chi connectivity index (χ1v) is 26.0. The number of rotatable bonds is 10. The van der Waals surface area contributed by atoms with Crippen molar-refractivity contribution in [3.8, 4) is 62.1 Å². The zero-order valence-electron chi connectivity index (χ0n) is 50.2. The second kappa shape index (κ2) is 20.3. The maximum atomic E-state index is 9.25. The van der Waals surface area contributed by atoms with Crippen molar-refractivity contribution in [2.75, 3.05) is 0 Å². The van der Waals surface area contributed by atoms with Crippen LogP contribution in [0.1, 0.15) is 105 Å². The number of aromatic nitrogens is 4. The number of hydrogen-bond acceptors (Lipinski definition) is 2. The molecule has 11 aromatic rings. The molecule has 8 aromatic carbocycles. The smallest absolute Gasteiger partial charge is 0.268 e. The van der Waals surface area contributed by atoms with Crippen molar-refractivity contribution < 1.29 is 37.2 Å². The summed E-state index contributed by atoms with van der Waals surface area (Å²) < 4.78 is 57.4. The summed E-state index contributed by atoms with van der Waals surface area (Å²) in [6, 6.07) is 55.2. The first-order valence-electron chi connectivity index (χ1n) is 28.5. The predicted molar refractivity (Wildman–Crippen MR) is 311 cm³/mol. The third-order valence-corrected chi connectivity index (χ3v) is 14.2. The molecule has 0 aliphatic rings. The molecule has 6 heteroatoms. The van der Waals surface area contributed by atoms with Crippen molar-refractivity contribution in [1.82, 2.24) is 14.1 Å². The molecule has 3 heterocycles. The molecule has 0 spiro atoms. The van der Waals surface area contributed by atoms with Gasteiger partial charge >= 0.3 is 0 Å². The fraction of sp³-hybridized carbons (Fsp3) is 0.229. The van der Waals surface area contributed by atoms with Crippen LogP contribution >= 0.6 is 0 Å². The van der Waals surface area contributed by atoms with Crippen LogP contribution in [0.4, 0.5) is 0 Å². The average molecular weight is 1180 g/mol. The Morgan fingerprint density at radius 1 is 0.579 bits per heavy atom. The molecule has 0 radical (unpaired) electrons. The summed E-state index contributed by atoms with van der Waals surface area (Å²) in [5.41, 5.74) is 13.8. The quantitative estimate of drug-likeness (QED) is 0.101. The van der Waals surface area contributed by atoms with Gasteiger partial charge in [-0.1, -0.05) is 215 Å². The minimum Gasteiger partial charge on any atom is -0.510 e. The molecule has 0 aliphatic heterocycles. The number of pyridine rings is 1. The zero-order valence-corrected chi connectivity index (χ0v) is 47.5. The third-order valence-electron chi connectivity index (χ3n) is 14.2. The Labute approximate surface area is 471 Å². The molecular formula is C70H66N4OPt-2. The fourth-order valence-electron chi connectivity index (χ4n) is 10.2. The van der Waals surface area contributed by atoms with Crippen molar-refractivity contribution in [1.29, 1.82) is 0 Å². The minimum absolute atomic E-state index is 0. The molecular weight excluding hydrogens is 1110 g/mol. The van der Waals surface area contributed by atoms with Gasteiger partial charge in [0.15, 0.2) is 0 Å². The summed E-state index contributed by atoms with van der Waals surface area (Å²) in [5.74, 6) is 2.20. The van der Waals surface area contributed by atoms with E-state index >= 15 is 0 Å². The summed E-state index contributed by atoms with van der Waals surface area (Å²) in [7, 11) is 0. The summed E-state index contributed by atoms with van der Waals surface area (Å²) in [6.45, 7) is 24.5. The van der Waals surface area contributed by atoms with Gasteiger partial charge in [0.2, 0.25) is 0 Å². The van der Waals surface area contributed by atoms with Crippen molar-refractivity contribution >= 4 is 32.8 Å². The van der Waals surface area contributed by atoms with E-state index in [9.17, 15) is 2.74 Å². The number of fused-ring (bicyclic) bond motifs is 4. The van der Waals surface area contributed by atoms with E-state index in [0.717, 1.165) is 78.5 Å². The van der Waals surface area contributed by atoms with Gasteiger partial charge in [0.1, 0.15) is 5.82 Å². The summed E-state index contributed by atoms with van der Waals surface area (Å²) in [6.07, 6.45) is 6.59. The SMILES string of the molecule is [2H]c1c([2H])c([2H])c(-c2cccc(-c3cc(C(C)(C)C)cc(C(C)(C)C)c3)c2-[n+]2[c-]n(-c3[c-]c(Oc4[c-]c5c(cc4)c4ccccc4n5-c4cc(CC(C)C)c(-c5ccc(C(C)(C)C)cc5)cn4)ccc3)c3ccccc32)c([2H])c1[2H].[Pt]. The topological polar surface area (TPSA) is 35.9 Å². The summed E-state index contributed by atoms with van der Waals surface area (Å²) in [4.78, 5) is 5.18. The molecule has 0 fully saturated rings. The Morgan fingerprint density at radius 3 is 1.89 bits per heavy atom. The molecule has 0 unspecified atom stereocenters. The normalized spacial score (nSPS) is 13.1. The van der Waals surface area contributed by atoms with Crippen molar-refractivity contribution in [2.24, 2.45) is 5.92 Å². The maximum Gasteiger partial charge on any atom is 0.268 e. The van der Waals surface area contributed by atoms with Gasteiger partial charge in [-0.2, -0.15) is 18.2 Å². The summed E-state index contributed by atoms with van der Waals surface area (Å²) in [5, 5.41) is 2.12. The Hall–Kier alpha value is -7.33. The monoisotopic (exact) mass is 1180 g/mol. The first kappa shape index (κ1) is 46.0. The van der Waals surface area contributed by atoms with E-state index in [4.69, 9.17) is 13.8 Å². The zero-order chi connectivity index (χ0) is 56.7. The third kappa shape index (κ3) is 10.1. The number of para-hydroxylation sites is 4. The second-order valence-electron chi connectivity index (χ2n) is 23.3. The van der Waals surface area contributed by atoms with Crippen LogP contribution in [0.25, 0.3) is 83.4 Å². The van der Waals surface area contributed by atoms with Gasteiger partial charge in [-0.05, 0) is 102 Å². The van der Waals surface area contributed by atoms with Gasteiger partial charge in [0, 0.05) is 49.8 Å². The van der Waals surface area contributed by atoms with Gasteiger partial charge < -0.3 is 13.9 Å². The van der Waals surface area contributed by atoms with Crippen molar-refractivity contribution in [3.05, 3.63) is 223 Å². The van der Waals surface area contributed by atoms with Gasteiger partial charge in [-0.15, -0.1) is 29.7 Å². The summed E-state index contributed by atoms with van der Waals surface area (Å²) >= 11 is 0. The molecule has 0 saturated carbocycles. The minimum atomic E-state index is -0.446. The number of benzene rings is 8. The molecule has 3 aromatic heterocycles. The molecule has 0 atom stereocenters. The number of imidazole rings is 1. The van der Waals surface area contributed by atoms with Crippen LogP contribution in [0.3, 0.4) is 0 Å². The van der Waals surface area contributed by atoms with Crippen LogP contribution in [0, 0.1) is 24.4 Å². The second-order valence-corrected chi connectivity index (χ2v) is 23.3. The molecule has 0 saturated heterocycles. The van der Waals surface area contributed by atoms with Crippen molar-refractivity contribution in [3.63, 3.8) is 0 Å². The molecule has 5 nitrogen and oxygen atoms in total. The molecule has 0 aliphatic carbocycles. The van der Waals surface area contributed by atoms with E-state index in [1.807, 2.05) is 82.1 Å². The van der Waals surface area contributed by atoms with Crippen LogP contribution in [0.2, 0.25) is 0 Å². The van der Waals surface area contributed by atoms with Crippen molar-refractivity contribution in [2.45, 2.75) is 98.8 Å². The maximum absolute atomic E-state index is 9.25. The van der Waals surface area contributed by atoms with Gasteiger partial charge in [0.25, 0.3) is 6.33 Å². The number of ether oxygens (including phenoxy) is 1. The Bertz CT molecular complexity index is 4170. The number of hydrogen-bond donors (Lipinski definition) is 0. The fourth-order valence-corrected chi connectivity index (χ4v) is 10.2. The molecule has 76 heavy (non-hydrogen) atoms. The van der Waals surface area contributed by atoms with E-state index in [2.05, 4.69) is 178 Å². The van der Waals surface area contributed by atoms with Gasteiger partial charge in [0.05, 0.1) is 23.6 Å². The van der Waals surface area contributed by atoms with E-state index in [-0.39, 0.29) is 55.0 Å². The molecule has 384 valence electrons. The van der Waals surface area contributed by atoms with E-state index in [0.29, 0.717) is 34.4 Å². The van der Waals surface area contributed by atoms with Crippen LogP contribution in [-0.4, -0.2) is 14.1 Å². The molecule has 0 amide bonds.